The first-order valence-electron chi connectivity index (χ1n) is 7.52. The van der Waals surface area contributed by atoms with Gasteiger partial charge in [-0.05, 0) is 29.7 Å². The van der Waals surface area contributed by atoms with E-state index in [-0.39, 0.29) is 11.7 Å². The van der Waals surface area contributed by atoms with Crippen LogP contribution in [0.15, 0.2) is 59.8 Å². The number of benzene rings is 2. The Hall–Kier alpha value is -2.69. The molecular formula is C18H17FN2O2. The number of carbonyl (C=O) groups excluding carboxylic acids is 1. The van der Waals surface area contributed by atoms with Crippen molar-refractivity contribution in [1.82, 2.24) is 5.32 Å². The molecule has 0 radical (unpaired) electrons. The lowest BCUT2D eigenvalue weighted by Crippen LogP contribution is -2.36. The normalized spacial score (nSPS) is 16.6. The molecule has 1 atom stereocenters. The first-order valence-corrected chi connectivity index (χ1v) is 7.52. The van der Waals surface area contributed by atoms with Crippen molar-refractivity contribution >= 4 is 11.6 Å². The second-order valence-electron chi connectivity index (χ2n) is 5.37. The van der Waals surface area contributed by atoms with Gasteiger partial charge in [0.1, 0.15) is 5.82 Å². The zero-order valence-electron chi connectivity index (χ0n) is 12.5. The van der Waals surface area contributed by atoms with E-state index in [0.717, 1.165) is 12.0 Å². The summed E-state index contributed by atoms with van der Waals surface area (Å²) in [4.78, 5) is 17.3. The number of halogens is 1. The van der Waals surface area contributed by atoms with Gasteiger partial charge in [-0.3, -0.25) is 4.79 Å². The Kier molecular flexibility index (Phi) is 4.66. The smallest absolute Gasteiger partial charge is 0.264 e. The summed E-state index contributed by atoms with van der Waals surface area (Å²) in [7, 11) is 0. The first kappa shape index (κ1) is 15.2. The highest BCUT2D eigenvalue weighted by Gasteiger charge is 2.28. The fourth-order valence-corrected chi connectivity index (χ4v) is 2.42. The number of amides is 1. The van der Waals surface area contributed by atoms with Gasteiger partial charge in [0.15, 0.2) is 0 Å². The van der Waals surface area contributed by atoms with Crippen molar-refractivity contribution in [2.75, 3.05) is 6.54 Å². The summed E-state index contributed by atoms with van der Waals surface area (Å²) < 4.78 is 12.9. The second kappa shape index (κ2) is 7.05. The van der Waals surface area contributed by atoms with E-state index in [9.17, 15) is 9.18 Å². The Morgan fingerprint density at radius 1 is 1.17 bits per heavy atom. The zero-order chi connectivity index (χ0) is 16.1. The number of nitrogens with zero attached hydrogens (tertiary/aromatic N) is 1. The first-order chi connectivity index (χ1) is 11.2. The highest BCUT2D eigenvalue weighted by atomic mass is 19.1. The number of hydrogen-bond donors (Lipinski definition) is 1. The largest absolute Gasteiger partial charge is 0.382 e. The Bertz CT molecular complexity index is 699. The Balaban J connectivity index is 1.48. The summed E-state index contributed by atoms with van der Waals surface area (Å²) in [6.45, 7) is 0.550. The van der Waals surface area contributed by atoms with Gasteiger partial charge in [-0.15, -0.1) is 0 Å². The van der Waals surface area contributed by atoms with Gasteiger partial charge in [-0.2, -0.15) is 0 Å². The van der Waals surface area contributed by atoms with E-state index in [1.54, 1.807) is 12.1 Å². The van der Waals surface area contributed by atoms with Crippen LogP contribution in [0.1, 0.15) is 17.5 Å². The molecule has 0 fully saturated rings. The third-order valence-corrected chi connectivity index (χ3v) is 3.69. The third kappa shape index (κ3) is 3.94. The maximum atomic E-state index is 12.9. The lowest BCUT2D eigenvalue weighted by molar-refractivity contribution is -0.131. The van der Waals surface area contributed by atoms with Crippen LogP contribution >= 0.6 is 0 Å². The molecule has 1 heterocycles. The fourth-order valence-electron chi connectivity index (χ4n) is 2.42. The predicted octanol–water partition coefficient (Wildman–Crippen LogP) is 2.68. The quantitative estimate of drug-likeness (QED) is 0.923. The standard InChI is InChI=1S/C18H17FN2O2/c19-15-8-6-14(7-9-15)16-12-17(23-21-16)18(22)20-11-10-13-4-2-1-3-5-13/h1-9,17H,10-12H2,(H,20,22)/t17-/m0/s1. The third-order valence-electron chi connectivity index (χ3n) is 3.69. The molecule has 1 aliphatic heterocycles. The van der Waals surface area contributed by atoms with Crippen LogP contribution < -0.4 is 5.32 Å². The van der Waals surface area contributed by atoms with Gasteiger partial charge in [-0.25, -0.2) is 4.39 Å². The highest BCUT2D eigenvalue weighted by molar-refractivity contribution is 6.04. The summed E-state index contributed by atoms with van der Waals surface area (Å²) in [5, 5.41) is 6.79. The van der Waals surface area contributed by atoms with Crippen molar-refractivity contribution in [3.8, 4) is 0 Å². The Labute approximate surface area is 134 Å². The maximum Gasteiger partial charge on any atom is 0.264 e. The molecule has 0 aromatic heterocycles. The molecule has 1 aliphatic rings. The minimum atomic E-state index is -0.620. The summed E-state index contributed by atoms with van der Waals surface area (Å²) in [5.74, 6) is -0.481. The lowest BCUT2D eigenvalue weighted by atomic mass is 10.0. The molecule has 0 aliphatic carbocycles. The highest BCUT2D eigenvalue weighted by Crippen LogP contribution is 2.17. The molecule has 23 heavy (non-hydrogen) atoms. The number of rotatable bonds is 5. The van der Waals surface area contributed by atoms with E-state index in [0.29, 0.717) is 18.7 Å². The molecule has 0 saturated carbocycles. The number of oxime groups is 1. The number of hydrogen-bond acceptors (Lipinski definition) is 3. The van der Waals surface area contributed by atoms with E-state index < -0.39 is 6.10 Å². The van der Waals surface area contributed by atoms with Gasteiger partial charge in [0.05, 0.1) is 5.71 Å². The van der Waals surface area contributed by atoms with Gasteiger partial charge in [0, 0.05) is 13.0 Å². The van der Waals surface area contributed by atoms with Crippen molar-refractivity contribution in [1.29, 1.82) is 0 Å². The zero-order valence-corrected chi connectivity index (χ0v) is 12.5. The Morgan fingerprint density at radius 3 is 2.65 bits per heavy atom. The van der Waals surface area contributed by atoms with Crippen LogP contribution in [-0.2, 0) is 16.1 Å². The van der Waals surface area contributed by atoms with Gasteiger partial charge < -0.3 is 10.2 Å². The van der Waals surface area contributed by atoms with Crippen molar-refractivity contribution in [2.24, 2.45) is 5.16 Å². The average Bonchev–Trinajstić information content (AvgIpc) is 3.06. The molecule has 4 nitrogen and oxygen atoms in total. The molecule has 0 spiro atoms. The van der Waals surface area contributed by atoms with E-state index >= 15 is 0 Å². The van der Waals surface area contributed by atoms with Gasteiger partial charge in [0.25, 0.3) is 5.91 Å². The molecule has 2 aromatic rings. The monoisotopic (exact) mass is 312 g/mol. The Morgan fingerprint density at radius 2 is 1.91 bits per heavy atom. The minimum absolute atomic E-state index is 0.179. The van der Waals surface area contributed by atoms with Crippen LogP contribution in [0, 0.1) is 5.82 Å². The topological polar surface area (TPSA) is 50.7 Å². The van der Waals surface area contributed by atoms with E-state index in [1.807, 2.05) is 30.3 Å². The van der Waals surface area contributed by atoms with Gasteiger partial charge in [0.2, 0.25) is 6.10 Å². The molecule has 0 saturated heterocycles. The summed E-state index contributed by atoms with van der Waals surface area (Å²) in [6.07, 6.45) is 0.541. The molecule has 2 aromatic carbocycles. The van der Waals surface area contributed by atoms with Crippen LogP contribution in [0.25, 0.3) is 0 Å². The van der Waals surface area contributed by atoms with Crippen LogP contribution in [0.2, 0.25) is 0 Å². The summed E-state index contributed by atoms with van der Waals surface area (Å²) in [5.41, 5.74) is 2.60. The van der Waals surface area contributed by atoms with Crippen molar-refractivity contribution in [2.45, 2.75) is 18.9 Å². The van der Waals surface area contributed by atoms with E-state index in [4.69, 9.17) is 4.84 Å². The van der Waals surface area contributed by atoms with Crippen LogP contribution in [0.3, 0.4) is 0 Å². The van der Waals surface area contributed by atoms with E-state index in [1.165, 1.54) is 17.7 Å². The molecule has 1 amide bonds. The maximum absolute atomic E-state index is 12.9. The minimum Gasteiger partial charge on any atom is -0.382 e. The lowest BCUT2D eigenvalue weighted by Gasteiger charge is -2.09. The molecule has 118 valence electrons. The van der Waals surface area contributed by atoms with Crippen LogP contribution in [0.5, 0.6) is 0 Å². The number of nitrogens with one attached hydrogen (secondary N) is 1. The van der Waals surface area contributed by atoms with Crippen molar-refractivity contribution in [3.63, 3.8) is 0 Å². The van der Waals surface area contributed by atoms with E-state index in [2.05, 4.69) is 10.5 Å². The fraction of sp³-hybridized carbons (Fsp3) is 0.222. The molecule has 3 rings (SSSR count). The van der Waals surface area contributed by atoms with Gasteiger partial charge >= 0.3 is 0 Å². The van der Waals surface area contributed by atoms with Crippen molar-refractivity contribution in [3.05, 3.63) is 71.5 Å². The molecule has 5 heteroatoms. The molecule has 0 bridgehead atoms. The van der Waals surface area contributed by atoms with Crippen LogP contribution in [-0.4, -0.2) is 24.3 Å². The predicted molar refractivity (Wildman–Crippen MR) is 85.6 cm³/mol. The molecule has 1 N–H and O–H groups in total. The SMILES string of the molecule is O=C(NCCc1ccccc1)[C@@H]1CC(c2ccc(F)cc2)=NO1. The average molecular weight is 312 g/mol. The van der Waals surface area contributed by atoms with Gasteiger partial charge in [-0.1, -0.05) is 47.6 Å². The number of carbonyl (C=O) groups is 1. The van der Waals surface area contributed by atoms with Crippen molar-refractivity contribution < 1.29 is 14.0 Å². The van der Waals surface area contributed by atoms with Crippen LogP contribution in [0.4, 0.5) is 4.39 Å². The summed E-state index contributed by atoms with van der Waals surface area (Å²) in [6, 6.07) is 15.9. The summed E-state index contributed by atoms with van der Waals surface area (Å²) >= 11 is 0. The second-order valence-corrected chi connectivity index (χ2v) is 5.37. The molecule has 0 unspecified atom stereocenters. The molecular weight excluding hydrogens is 295 g/mol.